The molecule has 2 aromatic rings. The molecule has 0 bridgehead atoms. The number of carbonyl (C=O) groups excluding carboxylic acids is 1. The van der Waals surface area contributed by atoms with Gasteiger partial charge >= 0.3 is 0 Å². The van der Waals surface area contributed by atoms with Gasteiger partial charge in [0.05, 0.1) is 7.11 Å². The van der Waals surface area contributed by atoms with Gasteiger partial charge in [-0.15, -0.1) is 0 Å². The highest BCUT2D eigenvalue weighted by Gasteiger charge is 1.99. The topological polar surface area (TPSA) is 26.3 Å². The standard InChI is InChI=1S/C15H14O2/c1-11(16)6-7-12-4-3-5-13-10-14(17-2)8-9-15(12)13/h3-10H,1-2H3/b7-6+. The first-order valence-corrected chi connectivity index (χ1v) is 5.46. The second-order valence-electron chi connectivity index (χ2n) is 3.88. The minimum Gasteiger partial charge on any atom is -0.497 e. The fourth-order valence-corrected chi connectivity index (χ4v) is 1.77. The van der Waals surface area contributed by atoms with Gasteiger partial charge in [-0.05, 0) is 41.5 Å². The van der Waals surface area contributed by atoms with Gasteiger partial charge in [-0.3, -0.25) is 4.79 Å². The highest BCUT2D eigenvalue weighted by Crippen LogP contribution is 2.24. The molecule has 17 heavy (non-hydrogen) atoms. The Morgan fingerprint density at radius 3 is 2.76 bits per heavy atom. The molecule has 2 aromatic carbocycles. The number of hydrogen-bond donors (Lipinski definition) is 0. The van der Waals surface area contributed by atoms with Crippen molar-refractivity contribution in [2.45, 2.75) is 6.92 Å². The number of rotatable bonds is 3. The van der Waals surface area contributed by atoms with Crippen molar-refractivity contribution in [2.24, 2.45) is 0 Å². The lowest BCUT2D eigenvalue weighted by atomic mass is 10.0. The van der Waals surface area contributed by atoms with Gasteiger partial charge in [0.2, 0.25) is 0 Å². The maximum Gasteiger partial charge on any atom is 0.152 e. The molecule has 0 atom stereocenters. The van der Waals surface area contributed by atoms with Crippen LogP contribution in [0.2, 0.25) is 0 Å². The summed E-state index contributed by atoms with van der Waals surface area (Å²) in [5.41, 5.74) is 1.04. The quantitative estimate of drug-likeness (QED) is 0.749. The van der Waals surface area contributed by atoms with Crippen LogP contribution in [0.25, 0.3) is 16.8 Å². The van der Waals surface area contributed by atoms with Gasteiger partial charge < -0.3 is 4.74 Å². The average molecular weight is 226 g/mol. The minimum absolute atomic E-state index is 0.0514. The first-order valence-electron chi connectivity index (χ1n) is 5.46. The highest BCUT2D eigenvalue weighted by molar-refractivity contribution is 5.96. The van der Waals surface area contributed by atoms with Crippen molar-refractivity contribution in [1.29, 1.82) is 0 Å². The molecule has 2 nitrogen and oxygen atoms in total. The van der Waals surface area contributed by atoms with Gasteiger partial charge in [0.15, 0.2) is 5.78 Å². The predicted molar refractivity (Wildman–Crippen MR) is 70.2 cm³/mol. The third-order valence-electron chi connectivity index (χ3n) is 2.62. The van der Waals surface area contributed by atoms with Crippen LogP contribution in [0.3, 0.4) is 0 Å². The van der Waals surface area contributed by atoms with Gasteiger partial charge in [0.25, 0.3) is 0 Å². The molecule has 0 saturated carbocycles. The summed E-state index contributed by atoms with van der Waals surface area (Å²) in [5.74, 6) is 0.890. The van der Waals surface area contributed by atoms with E-state index in [0.717, 1.165) is 22.1 Å². The molecule has 0 aliphatic rings. The zero-order valence-electron chi connectivity index (χ0n) is 9.94. The highest BCUT2D eigenvalue weighted by atomic mass is 16.5. The molecule has 0 unspecified atom stereocenters. The maximum atomic E-state index is 10.9. The van der Waals surface area contributed by atoms with Crippen LogP contribution in [0, 0.1) is 0 Å². The summed E-state index contributed by atoms with van der Waals surface area (Å²) in [6, 6.07) is 11.9. The van der Waals surface area contributed by atoms with Crippen LogP contribution < -0.4 is 4.74 Å². The molecule has 0 amide bonds. The first-order chi connectivity index (χ1) is 8.20. The molecule has 2 rings (SSSR count). The summed E-state index contributed by atoms with van der Waals surface area (Å²) < 4.78 is 5.19. The van der Waals surface area contributed by atoms with Gasteiger partial charge in [-0.1, -0.05) is 30.3 Å². The van der Waals surface area contributed by atoms with E-state index in [4.69, 9.17) is 4.74 Å². The Kier molecular flexibility index (Phi) is 3.24. The SMILES string of the molecule is COc1ccc2c(/C=C/C(C)=O)cccc2c1. The summed E-state index contributed by atoms with van der Waals surface area (Å²) in [6.07, 6.45) is 3.43. The molecule has 0 radical (unpaired) electrons. The predicted octanol–water partition coefficient (Wildman–Crippen LogP) is 3.45. The third kappa shape index (κ3) is 2.53. The number of benzene rings is 2. The van der Waals surface area contributed by atoms with E-state index in [9.17, 15) is 4.79 Å². The third-order valence-corrected chi connectivity index (χ3v) is 2.62. The number of methoxy groups -OCH3 is 1. The van der Waals surface area contributed by atoms with E-state index in [0.29, 0.717) is 0 Å². The molecular weight excluding hydrogens is 212 g/mol. The van der Waals surface area contributed by atoms with E-state index in [1.165, 1.54) is 0 Å². The molecule has 0 aliphatic heterocycles. The molecule has 0 N–H and O–H groups in total. The molecular formula is C15H14O2. The van der Waals surface area contributed by atoms with Crippen molar-refractivity contribution in [3.63, 3.8) is 0 Å². The van der Waals surface area contributed by atoms with Gasteiger partial charge in [-0.2, -0.15) is 0 Å². The fourth-order valence-electron chi connectivity index (χ4n) is 1.77. The van der Waals surface area contributed by atoms with Crippen LogP contribution in [0.1, 0.15) is 12.5 Å². The van der Waals surface area contributed by atoms with Crippen molar-refractivity contribution in [1.82, 2.24) is 0 Å². The number of ketones is 1. The van der Waals surface area contributed by atoms with E-state index in [1.807, 2.05) is 42.5 Å². The number of allylic oxidation sites excluding steroid dienone is 1. The lowest BCUT2D eigenvalue weighted by molar-refractivity contribution is -0.112. The van der Waals surface area contributed by atoms with Crippen LogP contribution in [-0.4, -0.2) is 12.9 Å². The smallest absolute Gasteiger partial charge is 0.152 e. The number of carbonyl (C=O) groups is 1. The second-order valence-corrected chi connectivity index (χ2v) is 3.88. The summed E-state index contributed by atoms with van der Waals surface area (Å²) in [5, 5.41) is 2.22. The van der Waals surface area contributed by atoms with E-state index in [1.54, 1.807) is 20.1 Å². The maximum absolute atomic E-state index is 10.9. The lowest BCUT2D eigenvalue weighted by Crippen LogP contribution is -1.85. The van der Waals surface area contributed by atoms with E-state index in [2.05, 4.69) is 0 Å². The Bertz CT molecular complexity index is 582. The van der Waals surface area contributed by atoms with Crippen molar-refractivity contribution in [3.8, 4) is 5.75 Å². The molecule has 86 valence electrons. The summed E-state index contributed by atoms with van der Waals surface area (Å²) >= 11 is 0. The van der Waals surface area contributed by atoms with Crippen molar-refractivity contribution in [2.75, 3.05) is 7.11 Å². The van der Waals surface area contributed by atoms with E-state index >= 15 is 0 Å². The largest absolute Gasteiger partial charge is 0.497 e. The van der Waals surface area contributed by atoms with Crippen LogP contribution in [0.5, 0.6) is 5.75 Å². The molecule has 0 fully saturated rings. The summed E-state index contributed by atoms with van der Waals surface area (Å²) in [7, 11) is 1.65. The van der Waals surface area contributed by atoms with Gasteiger partial charge in [0, 0.05) is 0 Å². The second kappa shape index (κ2) is 4.83. The molecule has 0 heterocycles. The molecule has 0 spiro atoms. The normalized spacial score (nSPS) is 10.9. The minimum atomic E-state index is 0.0514. The van der Waals surface area contributed by atoms with Crippen molar-refractivity contribution in [3.05, 3.63) is 48.0 Å². The Balaban J connectivity index is 2.54. The number of ether oxygens (including phenoxy) is 1. The van der Waals surface area contributed by atoms with Crippen molar-refractivity contribution >= 4 is 22.6 Å². The van der Waals surface area contributed by atoms with Crippen LogP contribution in [0.4, 0.5) is 0 Å². The van der Waals surface area contributed by atoms with Crippen LogP contribution in [-0.2, 0) is 4.79 Å². The van der Waals surface area contributed by atoms with Crippen LogP contribution in [0.15, 0.2) is 42.5 Å². The zero-order valence-corrected chi connectivity index (χ0v) is 9.94. The lowest BCUT2D eigenvalue weighted by Gasteiger charge is -2.05. The van der Waals surface area contributed by atoms with Crippen molar-refractivity contribution < 1.29 is 9.53 Å². The Hall–Kier alpha value is -2.09. The van der Waals surface area contributed by atoms with Gasteiger partial charge in [0.1, 0.15) is 5.75 Å². The fraction of sp³-hybridized carbons (Fsp3) is 0.133. The number of hydrogen-bond acceptors (Lipinski definition) is 2. The molecule has 0 saturated heterocycles. The first kappa shape index (κ1) is 11.4. The molecule has 0 aliphatic carbocycles. The Morgan fingerprint density at radius 2 is 2.06 bits per heavy atom. The summed E-state index contributed by atoms with van der Waals surface area (Å²) in [4.78, 5) is 10.9. The average Bonchev–Trinajstić information content (AvgIpc) is 2.35. The van der Waals surface area contributed by atoms with E-state index in [-0.39, 0.29) is 5.78 Å². The zero-order chi connectivity index (χ0) is 12.3. The van der Waals surface area contributed by atoms with E-state index < -0.39 is 0 Å². The molecule has 0 aromatic heterocycles. The Morgan fingerprint density at radius 1 is 1.24 bits per heavy atom. The summed E-state index contributed by atoms with van der Waals surface area (Å²) in [6.45, 7) is 1.55. The monoisotopic (exact) mass is 226 g/mol. The van der Waals surface area contributed by atoms with Gasteiger partial charge in [-0.25, -0.2) is 0 Å². The molecule has 2 heteroatoms. The Labute approximate surface area is 101 Å². The van der Waals surface area contributed by atoms with Crippen LogP contribution >= 0.6 is 0 Å². The number of fused-ring (bicyclic) bond motifs is 1.